The van der Waals surface area contributed by atoms with Gasteiger partial charge in [-0.25, -0.2) is 0 Å². The molecule has 3 nitrogen and oxygen atoms in total. The van der Waals surface area contributed by atoms with Gasteiger partial charge in [0.15, 0.2) is 0 Å². The molecule has 6 heteroatoms. The molecule has 0 aliphatic rings. The van der Waals surface area contributed by atoms with Gasteiger partial charge in [-0.1, -0.05) is 6.47 Å². The van der Waals surface area contributed by atoms with Crippen LogP contribution in [-0.2, 0) is 51.7 Å². The Hall–Kier alpha value is 0.807. The van der Waals surface area contributed by atoms with Crippen LogP contribution in [0, 0.1) is 0 Å². The maximum absolute atomic E-state index is 8.45. The Morgan fingerprint density at radius 3 is 1.25 bits per heavy atom. The van der Waals surface area contributed by atoms with Crippen molar-refractivity contribution in [2.45, 2.75) is 0 Å². The Labute approximate surface area is 80.3 Å². The molecule has 0 aromatic carbocycles. The molecular formula is C2HClO3W2-2. The molecule has 0 aromatic heterocycles. The van der Waals surface area contributed by atoms with Gasteiger partial charge in [0, 0.05) is 42.1 Å². The molecule has 0 atom stereocenters. The summed E-state index contributed by atoms with van der Waals surface area (Å²) in [6, 6.07) is 0. The SMILES string of the molecule is O=[C-]Cl.O=[C-]O.[W].[W]. The van der Waals surface area contributed by atoms with Crippen molar-refractivity contribution in [1.82, 2.24) is 0 Å². The van der Waals surface area contributed by atoms with Crippen molar-refractivity contribution in [2.24, 2.45) is 0 Å². The maximum atomic E-state index is 8.45. The van der Waals surface area contributed by atoms with Gasteiger partial charge in [0.1, 0.15) is 0 Å². The van der Waals surface area contributed by atoms with E-state index < -0.39 is 0 Å². The molecule has 0 radical (unpaired) electrons. The smallest absolute Gasteiger partial charge is 0 e. The minimum absolute atomic E-state index is 0. The molecule has 0 aliphatic carbocycles. The standard InChI is InChI=1S/CClO.CHO2.2W/c2*2-1-3;;/h;(H,2,3);;/q2*-1;;. The second kappa shape index (κ2) is 45.9. The topological polar surface area (TPSA) is 54.4 Å². The average Bonchev–Trinajstić information content (AvgIpc) is 1.39. The molecule has 0 fully saturated rings. The molecule has 1 N–H and O–H groups in total. The predicted molar refractivity (Wildman–Crippen MR) is 19.9 cm³/mol. The zero-order chi connectivity index (χ0) is 5.41. The minimum Gasteiger partial charge on any atom is -0.665 e. The van der Waals surface area contributed by atoms with E-state index in [9.17, 15) is 0 Å². The molecule has 48 valence electrons. The molecule has 0 unspecified atom stereocenters. The molecule has 0 saturated carbocycles. The number of carbonyl (C=O) groups excluding carboxylic acids is 1. The summed E-state index contributed by atoms with van der Waals surface area (Å²) in [5, 5.41) is 6.76. The average molecular weight is 476 g/mol. The Kier molecular flexibility index (Phi) is 133. The van der Waals surface area contributed by atoms with E-state index in [0.29, 0.717) is 6.47 Å². The van der Waals surface area contributed by atoms with Gasteiger partial charge in [-0.05, 0) is 0 Å². The first kappa shape index (κ1) is 23.2. The van der Waals surface area contributed by atoms with Gasteiger partial charge in [-0.15, -0.1) is 0 Å². The van der Waals surface area contributed by atoms with Gasteiger partial charge in [-0.3, -0.25) is 0 Å². The number of rotatable bonds is 0. The third kappa shape index (κ3) is 353. The number of aliphatic hydroxyl groups excluding tert-OH is 1. The summed E-state index contributed by atoms with van der Waals surface area (Å²) in [4.78, 5) is 16.7. The molecule has 8 heavy (non-hydrogen) atoms. The largest absolute Gasteiger partial charge is 0.665 e. The van der Waals surface area contributed by atoms with Crippen molar-refractivity contribution in [3.63, 3.8) is 0 Å². The first-order chi connectivity index (χ1) is 2.83. The summed E-state index contributed by atoms with van der Waals surface area (Å²) in [7, 11) is 0. The van der Waals surface area contributed by atoms with Crippen molar-refractivity contribution < 1.29 is 56.8 Å². The van der Waals surface area contributed by atoms with Gasteiger partial charge in [-0.2, -0.15) is 5.75 Å². The summed E-state index contributed by atoms with van der Waals surface area (Å²) in [5.41, 5.74) is 0. The fourth-order valence-corrected chi connectivity index (χ4v) is 0. The van der Waals surface area contributed by atoms with Crippen LogP contribution in [-0.4, -0.2) is 17.3 Å². The quantitative estimate of drug-likeness (QED) is 0.393. The third-order valence-corrected chi connectivity index (χ3v) is 0. The first-order valence-electron chi connectivity index (χ1n) is 0.821. The van der Waals surface area contributed by atoms with Crippen LogP contribution in [0.4, 0.5) is 0 Å². The van der Waals surface area contributed by atoms with Gasteiger partial charge in [0.2, 0.25) is 0 Å². The Bertz CT molecular complexity index is 36.3. The van der Waals surface area contributed by atoms with Crippen molar-refractivity contribution in [1.29, 1.82) is 0 Å². The van der Waals surface area contributed by atoms with Crippen LogP contribution in [0.5, 0.6) is 0 Å². The maximum Gasteiger partial charge on any atom is 0 e. The van der Waals surface area contributed by atoms with Crippen LogP contribution < -0.4 is 0 Å². The number of halogens is 1. The Morgan fingerprint density at radius 2 is 1.25 bits per heavy atom. The molecule has 0 aliphatic heterocycles. The fourth-order valence-electron chi connectivity index (χ4n) is 0. The van der Waals surface area contributed by atoms with Gasteiger partial charge in [0.05, 0.1) is 0 Å². The summed E-state index contributed by atoms with van der Waals surface area (Å²) in [6.45, 7) is 0.500. The normalized spacial score (nSPS) is 3.12. The molecule has 0 spiro atoms. The van der Waals surface area contributed by atoms with E-state index in [1.807, 2.05) is 0 Å². The zero-order valence-electron chi connectivity index (χ0n) is 3.46. The molecule has 0 rings (SSSR count). The number of hydrogen-bond acceptors (Lipinski definition) is 2. The molecule has 0 heterocycles. The van der Waals surface area contributed by atoms with E-state index in [-0.39, 0.29) is 42.1 Å². The molecule has 0 bridgehead atoms. The van der Waals surface area contributed by atoms with Crippen LogP contribution >= 0.6 is 11.6 Å². The molecule has 0 amide bonds. The van der Waals surface area contributed by atoms with Crippen LogP contribution in [0.25, 0.3) is 0 Å². The van der Waals surface area contributed by atoms with E-state index in [1.54, 1.807) is 0 Å². The predicted octanol–water partition coefficient (Wildman–Crippen LogP) is -0.101. The van der Waals surface area contributed by atoms with Crippen molar-refractivity contribution >= 4 is 23.8 Å². The number of hydrogen-bond donors (Lipinski definition) is 1. The Balaban J connectivity index is -0.0000000160. The summed E-state index contributed by atoms with van der Waals surface area (Å²) < 4.78 is 0. The summed E-state index contributed by atoms with van der Waals surface area (Å²) in [6.07, 6.45) is 0. The van der Waals surface area contributed by atoms with E-state index >= 15 is 0 Å². The second-order valence-corrected chi connectivity index (χ2v) is 0.323. The third-order valence-electron chi connectivity index (χ3n) is 0. The Morgan fingerprint density at radius 1 is 1.25 bits per heavy atom. The van der Waals surface area contributed by atoms with E-state index in [4.69, 9.17) is 14.7 Å². The van der Waals surface area contributed by atoms with Crippen LogP contribution in [0.2, 0.25) is 0 Å². The van der Waals surface area contributed by atoms with Crippen LogP contribution in [0.15, 0.2) is 0 Å². The molecule has 0 saturated heterocycles. The summed E-state index contributed by atoms with van der Waals surface area (Å²) >= 11 is 4.19. The van der Waals surface area contributed by atoms with Crippen LogP contribution in [0.3, 0.4) is 0 Å². The fraction of sp³-hybridized carbons (Fsp3) is 0. The minimum atomic E-state index is 0. The van der Waals surface area contributed by atoms with Gasteiger partial charge >= 0.3 is 0 Å². The van der Waals surface area contributed by atoms with Crippen molar-refractivity contribution in [2.75, 3.05) is 0 Å². The van der Waals surface area contributed by atoms with Crippen molar-refractivity contribution in [3.05, 3.63) is 0 Å². The van der Waals surface area contributed by atoms with E-state index in [1.165, 1.54) is 0 Å². The molecular weight excluding hydrogens is 475 g/mol. The monoisotopic (exact) mass is 476 g/mol. The first-order valence-corrected chi connectivity index (χ1v) is 1.20. The zero-order valence-corrected chi connectivity index (χ0v) is 10.1. The van der Waals surface area contributed by atoms with Gasteiger partial charge < -0.3 is 26.3 Å². The second-order valence-electron chi connectivity index (χ2n) is 0.168. The summed E-state index contributed by atoms with van der Waals surface area (Å²) in [5.74, 6) is 0.972. The van der Waals surface area contributed by atoms with E-state index in [2.05, 4.69) is 11.6 Å². The van der Waals surface area contributed by atoms with Gasteiger partial charge in [0.25, 0.3) is 0 Å². The van der Waals surface area contributed by atoms with Crippen molar-refractivity contribution in [3.8, 4) is 0 Å². The molecule has 0 aromatic rings. The van der Waals surface area contributed by atoms with Crippen LogP contribution in [0.1, 0.15) is 0 Å². The van der Waals surface area contributed by atoms with E-state index in [0.717, 1.165) is 5.75 Å².